The summed E-state index contributed by atoms with van der Waals surface area (Å²) >= 11 is 0. The molecule has 1 aromatic carbocycles. The molecule has 1 heterocycles. The number of benzene rings is 1. The van der Waals surface area contributed by atoms with E-state index in [0.29, 0.717) is 4.73 Å². The van der Waals surface area contributed by atoms with E-state index in [1.807, 2.05) is 0 Å². The van der Waals surface area contributed by atoms with Crippen LogP contribution in [-0.2, 0) is 10.0 Å². The van der Waals surface area contributed by atoms with Gasteiger partial charge in [-0.3, -0.25) is 5.21 Å². The molecule has 18 heavy (non-hydrogen) atoms. The third-order valence-corrected chi connectivity index (χ3v) is 3.81. The van der Waals surface area contributed by atoms with Crippen LogP contribution in [0.5, 0.6) is 0 Å². The van der Waals surface area contributed by atoms with Crippen LogP contribution in [0.1, 0.15) is 0 Å². The third kappa shape index (κ3) is 2.27. The monoisotopic (exact) mass is 266 g/mol. The molecule has 2 aromatic rings. The molecule has 7 heteroatoms. The molecule has 0 fully saturated rings. The number of hydrogen-bond acceptors (Lipinski definition) is 4. The molecule has 0 saturated carbocycles. The Bertz CT molecular complexity index is 626. The van der Waals surface area contributed by atoms with Gasteiger partial charge in [0.2, 0.25) is 0 Å². The maximum absolute atomic E-state index is 12.0. The summed E-state index contributed by atoms with van der Waals surface area (Å²) in [6.07, 6.45) is 2.19. The predicted octanol–water partition coefficient (Wildman–Crippen LogP) is 0.905. The first-order valence-corrected chi connectivity index (χ1v) is 6.44. The average molecular weight is 266 g/mol. The molecular formula is C11H10N2O4S. The van der Waals surface area contributed by atoms with Crippen molar-refractivity contribution in [2.45, 2.75) is 4.90 Å². The first-order valence-electron chi connectivity index (χ1n) is 5.00. The molecule has 0 radical (unpaired) electrons. The van der Waals surface area contributed by atoms with Crippen molar-refractivity contribution in [2.24, 2.45) is 0 Å². The second kappa shape index (κ2) is 4.63. The number of nitrogens with zero attached hydrogens (tertiary/aromatic N) is 2. The lowest BCUT2D eigenvalue weighted by molar-refractivity contribution is -0.605. The fourth-order valence-corrected chi connectivity index (χ4v) is 2.46. The van der Waals surface area contributed by atoms with E-state index in [0.717, 1.165) is 12.4 Å². The fraction of sp³-hybridized carbons (Fsp3) is 0. The SMILES string of the molecule is O=S(=O)(c1ccccc1)N(O)c1cc[n+]([O-])cc1. The Kier molecular flexibility index (Phi) is 3.17. The first-order chi connectivity index (χ1) is 8.51. The van der Waals surface area contributed by atoms with E-state index >= 15 is 0 Å². The topological polar surface area (TPSA) is 84.5 Å². The van der Waals surface area contributed by atoms with Crippen molar-refractivity contribution in [1.29, 1.82) is 0 Å². The van der Waals surface area contributed by atoms with E-state index in [2.05, 4.69) is 0 Å². The van der Waals surface area contributed by atoms with Crippen molar-refractivity contribution in [3.63, 3.8) is 0 Å². The highest BCUT2D eigenvalue weighted by molar-refractivity contribution is 7.92. The van der Waals surface area contributed by atoms with Gasteiger partial charge in [-0.15, -0.1) is 4.47 Å². The molecule has 0 saturated heterocycles. The number of hydrogen-bond donors (Lipinski definition) is 1. The summed E-state index contributed by atoms with van der Waals surface area (Å²) in [6.45, 7) is 0. The van der Waals surface area contributed by atoms with Gasteiger partial charge in [0, 0.05) is 12.1 Å². The first kappa shape index (κ1) is 12.3. The molecule has 0 atom stereocenters. The van der Waals surface area contributed by atoms with E-state index in [9.17, 15) is 18.8 Å². The van der Waals surface area contributed by atoms with Gasteiger partial charge in [-0.1, -0.05) is 18.2 Å². The second-order valence-corrected chi connectivity index (χ2v) is 5.24. The highest BCUT2D eigenvalue weighted by Gasteiger charge is 2.23. The van der Waals surface area contributed by atoms with Gasteiger partial charge in [-0.2, -0.15) is 13.1 Å². The van der Waals surface area contributed by atoms with Crippen LogP contribution in [-0.4, -0.2) is 13.6 Å². The molecule has 0 amide bonds. The van der Waals surface area contributed by atoms with Gasteiger partial charge >= 0.3 is 0 Å². The summed E-state index contributed by atoms with van der Waals surface area (Å²) in [7, 11) is -4.03. The Labute approximate surface area is 104 Å². The zero-order valence-corrected chi connectivity index (χ0v) is 9.99. The molecule has 94 valence electrons. The van der Waals surface area contributed by atoms with Crippen molar-refractivity contribution in [3.8, 4) is 0 Å². The van der Waals surface area contributed by atoms with Gasteiger partial charge in [0.25, 0.3) is 10.0 Å². The number of anilines is 1. The maximum atomic E-state index is 12.0. The summed E-state index contributed by atoms with van der Waals surface area (Å²) in [5.74, 6) is 0. The molecule has 0 unspecified atom stereocenters. The van der Waals surface area contributed by atoms with E-state index < -0.39 is 10.0 Å². The van der Waals surface area contributed by atoms with Crippen LogP contribution in [0.4, 0.5) is 5.69 Å². The minimum atomic E-state index is -4.03. The fourth-order valence-electron chi connectivity index (χ4n) is 1.36. The van der Waals surface area contributed by atoms with Gasteiger partial charge in [0.05, 0.1) is 10.6 Å². The highest BCUT2D eigenvalue weighted by Crippen LogP contribution is 2.20. The Hall–Kier alpha value is -2.12. The van der Waals surface area contributed by atoms with Crippen molar-refractivity contribution >= 4 is 15.7 Å². The molecule has 0 aliphatic rings. The standard InChI is InChI=1S/C11H10N2O4S/c14-12-8-6-10(7-9-12)13(15)18(16,17)11-4-2-1-3-5-11/h1-9,15H. The van der Waals surface area contributed by atoms with E-state index in [-0.39, 0.29) is 15.1 Å². The van der Waals surface area contributed by atoms with Gasteiger partial charge < -0.3 is 5.21 Å². The Morgan fingerprint density at radius 3 is 2.17 bits per heavy atom. The smallest absolute Gasteiger partial charge is 0.286 e. The Balaban J connectivity index is 2.39. The molecular weight excluding hydrogens is 256 g/mol. The van der Waals surface area contributed by atoms with Crippen LogP contribution >= 0.6 is 0 Å². The minimum Gasteiger partial charge on any atom is -0.619 e. The van der Waals surface area contributed by atoms with Crippen LogP contribution in [0, 0.1) is 5.21 Å². The van der Waals surface area contributed by atoms with Gasteiger partial charge in [-0.05, 0) is 12.1 Å². The van der Waals surface area contributed by atoms with E-state index in [1.165, 1.54) is 24.3 Å². The average Bonchev–Trinajstić information content (AvgIpc) is 2.40. The van der Waals surface area contributed by atoms with Crippen LogP contribution < -0.4 is 9.20 Å². The zero-order valence-electron chi connectivity index (χ0n) is 9.17. The van der Waals surface area contributed by atoms with E-state index in [1.54, 1.807) is 18.2 Å². The van der Waals surface area contributed by atoms with Crippen LogP contribution in [0.15, 0.2) is 59.8 Å². The molecule has 2 rings (SSSR count). The highest BCUT2D eigenvalue weighted by atomic mass is 32.2. The molecule has 0 aliphatic heterocycles. The Morgan fingerprint density at radius 2 is 1.61 bits per heavy atom. The lowest BCUT2D eigenvalue weighted by atomic mass is 10.4. The zero-order chi connectivity index (χ0) is 13.2. The van der Waals surface area contributed by atoms with Crippen molar-refractivity contribution in [2.75, 3.05) is 4.47 Å². The summed E-state index contributed by atoms with van der Waals surface area (Å²) < 4.78 is 24.7. The van der Waals surface area contributed by atoms with Gasteiger partial charge in [0.15, 0.2) is 12.4 Å². The molecule has 0 bridgehead atoms. The molecule has 6 nitrogen and oxygen atoms in total. The van der Waals surface area contributed by atoms with Crippen molar-refractivity contribution in [1.82, 2.24) is 0 Å². The minimum absolute atomic E-state index is 0.00838. The molecule has 0 spiro atoms. The predicted molar refractivity (Wildman–Crippen MR) is 63.3 cm³/mol. The lowest BCUT2D eigenvalue weighted by Crippen LogP contribution is -2.29. The van der Waals surface area contributed by atoms with E-state index in [4.69, 9.17) is 0 Å². The quantitative estimate of drug-likeness (QED) is 0.508. The maximum Gasteiger partial charge on any atom is 0.286 e. The molecule has 0 aliphatic carbocycles. The van der Waals surface area contributed by atoms with Crippen LogP contribution in [0.25, 0.3) is 0 Å². The van der Waals surface area contributed by atoms with Gasteiger partial charge in [0.1, 0.15) is 0 Å². The summed E-state index contributed by atoms with van der Waals surface area (Å²) in [4.78, 5) is -0.0358. The number of aromatic nitrogens is 1. The van der Waals surface area contributed by atoms with Crippen LogP contribution in [0.2, 0.25) is 0 Å². The van der Waals surface area contributed by atoms with Crippen molar-refractivity contribution < 1.29 is 18.4 Å². The summed E-state index contributed by atoms with van der Waals surface area (Å²) in [5.41, 5.74) is -0.00838. The summed E-state index contributed by atoms with van der Waals surface area (Å²) in [6, 6.07) is 9.92. The summed E-state index contributed by atoms with van der Waals surface area (Å²) in [5, 5.41) is 20.6. The third-order valence-electron chi connectivity index (χ3n) is 2.27. The largest absolute Gasteiger partial charge is 0.619 e. The van der Waals surface area contributed by atoms with Crippen molar-refractivity contribution in [3.05, 3.63) is 60.1 Å². The number of pyridine rings is 1. The Morgan fingerprint density at radius 1 is 1.06 bits per heavy atom. The second-order valence-electron chi connectivity index (χ2n) is 3.48. The van der Waals surface area contributed by atoms with Crippen LogP contribution in [0.3, 0.4) is 0 Å². The number of sulfonamides is 1. The molecule has 1 aromatic heterocycles. The van der Waals surface area contributed by atoms with Gasteiger partial charge in [-0.25, -0.2) is 0 Å². The lowest BCUT2D eigenvalue weighted by Gasteiger charge is -2.16. The number of rotatable bonds is 3. The normalized spacial score (nSPS) is 11.2. The molecule has 1 N–H and O–H groups in total.